The number of ether oxygens (including phenoxy) is 1. The van der Waals surface area contributed by atoms with Crippen molar-refractivity contribution in [3.63, 3.8) is 0 Å². The normalized spacial score (nSPS) is 10.5. The summed E-state index contributed by atoms with van der Waals surface area (Å²) >= 11 is 3.31. The molecule has 0 saturated carbocycles. The Bertz CT molecular complexity index is 865. The fourth-order valence-electron chi connectivity index (χ4n) is 1.87. The van der Waals surface area contributed by atoms with Crippen LogP contribution in [0.2, 0.25) is 0 Å². The molecule has 0 fully saturated rings. The molecule has 0 radical (unpaired) electrons. The molecule has 134 valence electrons. The van der Waals surface area contributed by atoms with Crippen LogP contribution in [0, 0.1) is 10.1 Å². The lowest BCUT2D eigenvalue weighted by molar-refractivity contribution is -0.384. The van der Waals surface area contributed by atoms with Gasteiger partial charge in [0.1, 0.15) is 5.75 Å². The van der Waals surface area contributed by atoms with Crippen molar-refractivity contribution < 1.29 is 19.2 Å². The molecule has 0 aromatic heterocycles. The summed E-state index contributed by atoms with van der Waals surface area (Å²) in [5.74, 6) is -0.608. The second kappa shape index (κ2) is 8.86. The molecule has 1 amide bonds. The highest BCUT2D eigenvalue weighted by atomic mass is 79.9. The maximum Gasteiger partial charge on any atom is 0.310 e. The predicted molar refractivity (Wildman–Crippen MR) is 98.2 cm³/mol. The van der Waals surface area contributed by atoms with Gasteiger partial charge in [-0.25, -0.2) is 5.43 Å². The molecule has 0 saturated heterocycles. The van der Waals surface area contributed by atoms with E-state index in [0.29, 0.717) is 11.3 Å². The Balaban J connectivity index is 2.09. The minimum absolute atomic E-state index is 0.110. The number of halogens is 1. The fourth-order valence-corrected chi connectivity index (χ4v) is 2.25. The minimum atomic E-state index is -0.549. The van der Waals surface area contributed by atoms with Crippen LogP contribution in [-0.2, 0) is 4.79 Å². The maximum atomic E-state index is 12.0. The minimum Gasteiger partial charge on any atom is -0.426 e. The second-order valence-electron chi connectivity index (χ2n) is 5.01. The van der Waals surface area contributed by atoms with Crippen LogP contribution in [0.5, 0.6) is 5.75 Å². The van der Waals surface area contributed by atoms with Crippen molar-refractivity contribution in [1.29, 1.82) is 0 Å². The zero-order valence-electron chi connectivity index (χ0n) is 13.6. The monoisotopic (exact) mass is 419 g/mol. The Morgan fingerprint density at radius 1 is 1.27 bits per heavy atom. The SMILES string of the molecule is CCC(=O)Oc1ccc(Br)cc1/C=N/NC(=O)c1ccc([N+](=O)[O-])cc1. The molecule has 9 heteroatoms. The quantitative estimate of drug-likeness (QED) is 0.253. The number of rotatable bonds is 6. The van der Waals surface area contributed by atoms with E-state index in [9.17, 15) is 19.7 Å². The number of amides is 1. The predicted octanol–water partition coefficient (Wildman–Crippen LogP) is 3.44. The van der Waals surface area contributed by atoms with Gasteiger partial charge in [0.2, 0.25) is 0 Å². The summed E-state index contributed by atoms with van der Waals surface area (Å²) in [6, 6.07) is 10.1. The Labute approximate surface area is 157 Å². The first kappa shape index (κ1) is 19.3. The molecule has 8 nitrogen and oxygen atoms in total. The molecule has 1 N–H and O–H groups in total. The number of esters is 1. The lowest BCUT2D eigenvalue weighted by atomic mass is 10.2. The lowest BCUT2D eigenvalue weighted by Gasteiger charge is -2.07. The molecule has 0 spiro atoms. The number of hydrogen-bond donors (Lipinski definition) is 1. The Morgan fingerprint density at radius 2 is 1.96 bits per heavy atom. The van der Waals surface area contributed by atoms with Gasteiger partial charge < -0.3 is 4.74 Å². The van der Waals surface area contributed by atoms with Gasteiger partial charge in [0.15, 0.2) is 0 Å². The van der Waals surface area contributed by atoms with Gasteiger partial charge in [-0.15, -0.1) is 0 Å². The van der Waals surface area contributed by atoms with Crippen LogP contribution >= 0.6 is 15.9 Å². The van der Waals surface area contributed by atoms with Crippen molar-refractivity contribution in [2.24, 2.45) is 5.10 Å². The molecule has 0 atom stereocenters. The molecule has 2 aromatic carbocycles. The third kappa shape index (κ3) is 5.21. The van der Waals surface area contributed by atoms with Crippen LogP contribution in [0.1, 0.15) is 29.3 Å². The van der Waals surface area contributed by atoms with E-state index in [0.717, 1.165) is 4.47 Å². The highest BCUT2D eigenvalue weighted by Gasteiger charge is 2.10. The highest BCUT2D eigenvalue weighted by molar-refractivity contribution is 9.10. The maximum absolute atomic E-state index is 12.0. The molecule has 2 rings (SSSR count). The molecule has 2 aromatic rings. The number of nitrogens with one attached hydrogen (secondary N) is 1. The number of carbonyl (C=O) groups is 2. The number of non-ortho nitro benzene ring substituents is 1. The molecule has 26 heavy (non-hydrogen) atoms. The van der Waals surface area contributed by atoms with Gasteiger partial charge in [0, 0.05) is 34.2 Å². The Morgan fingerprint density at radius 3 is 2.58 bits per heavy atom. The summed E-state index contributed by atoms with van der Waals surface area (Å²) in [5, 5.41) is 14.5. The Hall–Kier alpha value is -3.07. The van der Waals surface area contributed by atoms with Gasteiger partial charge in [-0.2, -0.15) is 5.10 Å². The van der Waals surface area contributed by atoms with Crippen LogP contribution in [0.3, 0.4) is 0 Å². The number of nitrogens with zero attached hydrogens (tertiary/aromatic N) is 2. The summed E-state index contributed by atoms with van der Waals surface area (Å²) in [5.41, 5.74) is 2.92. The van der Waals surface area contributed by atoms with Gasteiger partial charge in [-0.1, -0.05) is 22.9 Å². The molecule has 0 aliphatic carbocycles. The molecule has 0 bridgehead atoms. The van der Waals surface area contributed by atoms with E-state index in [1.54, 1.807) is 25.1 Å². The van der Waals surface area contributed by atoms with Crippen molar-refractivity contribution in [3.8, 4) is 5.75 Å². The topological polar surface area (TPSA) is 111 Å². The highest BCUT2D eigenvalue weighted by Crippen LogP contribution is 2.22. The second-order valence-corrected chi connectivity index (χ2v) is 5.93. The van der Waals surface area contributed by atoms with Crippen LogP contribution in [0.25, 0.3) is 0 Å². The van der Waals surface area contributed by atoms with Gasteiger partial charge >= 0.3 is 5.97 Å². The van der Waals surface area contributed by atoms with E-state index >= 15 is 0 Å². The third-order valence-electron chi connectivity index (χ3n) is 3.19. The van der Waals surface area contributed by atoms with Crippen molar-refractivity contribution in [3.05, 3.63) is 68.2 Å². The van der Waals surface area contributed by atoms with Crippen molar-refractivity contribution >= 4 is 39.7 Å². The number of nitro groups is 1. The summed E-state index contributed by atoms with van der Waals surface area (Å²) in [7, 11) is 0. The number of benzene rings is 2. The number of nitro benzene ring substituents is 1. The van der Waals surface area contributed by atoms with Gasteiger partial charge in [-0.05, 0) is 30.3 Å². The van der Waals surface area contributed by atoms with Crippen LogP contribution < -0.4 is 10.2 Å². The van der Waals surface area contributed by atoms with Gasteiger partial charge in [0.05, 0.1) is 11.1 Å². The average Bonchev–Trinajstić information content (AvgIpc) is 2.63. The summed E-state index contributed by atoms with van der Waals surface area (Å²) < 4.78 is 5.95. The standard InChI is InChI=1S/C17H14BrN3O5/c1-2-16(22)26-15-8-5-13(18)9-12(15)10-19-20-17(23)11-3-6-14(7-4-11)21(24)25/h3-10H,2H2,1H3,(H,20,23)/b19-10+. The largest absolute Gasteiger partial charge is 0.426 e. The van der Waals surface area contributed by atoms with Crippen LogP contribution in [0.4, 0.5) is 5.69 Å². The summed E-state index contributed by atoms with van der Waals surface area (Å²) in [4.78, 5) is 33.5. The first-order chi connectivity index (χ1) is 12.4. The van der Waals surface area contributed by atoms with E-state index in [2.05, 4.69) is 26.5 Å². The summed E-state index contributed by atoms with van der Waals surface area (Å²) in [6.45, 7) is 1.68. The van der Waals surface area contributed by atoms with Gasteiger partial charge in [-0.3, -0.25) is 19.7 Å². The third-order valence-corrected chi connectivity index (χ3v) is 3.69. The van der Waals surface area contributed by atoms with E-state index in [1.165, 1.54) is 30.5 Å². The first-order valence-corrected chi connectivity index (χ1v) is 8.28. The zero-order chi connectivity index (χ0) is 19.1. The van der Waals surface area contributed by atoms with E-state index in [-0.39, 0.29) is 17.7 Å². The lowest BCUT2D eigenvalue weighted by Crippen LogP contribution is -2.17. The Kier molecular flexibility index (Phi) is 6.56. The smallest absolute Gasteiger partial charge is 0.310 e. The fraction of sp³-hybridized carbons (Fsp3) is 0.118. The molecule has 0 aliphatic rings. The molecular formula is C17H14BrN3O5. The summed E-state index contributed by atoms with van der Waals surface area (Å²) in [6.07, 6.45) is 1.57. The van der Waals surface area contributed by atoms with Crippen LogP contribution in [0.15, 0.2) is 52.0 Å². The van der Waals surface area contributed by atoms with Crippen molar-refractivity contribution in [1.82, 2.24) is 5.43 Å². The molecule has 0 unspecified atom stereocenters. The van der Waals surface area contributed by atoms with E-state index in [1.807, 2.05) is 0 Å². The molecule has 0 heterocycles. The number of hydrogen-bond acceptors (Lipinski definition) is 6. The zero-order valence-corrected chi connectivity index (χ0v) is 15.2. The van der Waals surface area contributed by atoms with Gasteiger partial charge in [0.25, 0.3) is 11.6 Å². The first-order valence-electron chi connectivity index (χ1n) is 7.48. The average molecular weight is 420 g/mol. The van der Waals surface area contributed by atoms with E-state index in [4.69, 9.17) is 4.74 Å². The molecular weight excluding hydrogens is 406 g/mol. The van der Waals surface area contributed by atoms with Crippen molar-refractivity contribution in [2.45, 2.75) is 13.3 Å². The van der Waals surface area contributed by atoms with E-state index < -0.39 is 16.8 Å². The molecule has 0 aliphatic heterocycles. The number of hydrazone groups is 1. The van der Waals surface area contributed by atoms with Crippen molar-refractivity contribution in [2.75, 3.05) is 0 Å². The van der Waals surface area contributed by atoms with Crippen LogP contribution in [-0.4, -0.2) is 23.0 Å². The number of carbonyl (C=O) groups excluding carboxylic acids is 2.